The van der Waals surface area contributed by atoms with Gasteiger partial charge in [0, 0.05) is 23.6 Å². The van der Waals surface area contributed by atoms with Crippen LogP contribution in [-0.4, -0.2) is 47.0 Å². The fourth-order valence-corrected chi connectivity index (χ4v) is 5.44. The Hall–Kier alpha value is -2.92. The minimum absolute atomic E-state index is 0.0286. The van der Waals surface area contributed by atoms with Crippen molar-refractivity contribution in [3.05, 3.63) is 51.5 Å². The van der Waals surface area contributed by atoms with E-state index in [2.05, 4.69) is 30.1 Å². The Morgan fingerprint density at radius 2 is 1.58 bits per heavy atom. The van der Waals surface area contributed by atoms with E-state index in [0.29, 0.717) is 23.1 Å². The van der Waals surface area contributed by atoms with E-state index >= 15 is 0 Å². The zero-order valence-electron chi connectivity index (χ0n) is 16.9. The van der Waals surface area contributed by atoms with Crippen LogP contribution in [0.3, 0.4) is 0 Å². The maximum Gasteiger partial charge on any atom is 0.337 e. The van der Waals surface area contributed by atoms with Crippen molar-refractivity contribution < 1.29 is 32.3 Å². The molecule has 1 amide bonds. The number of methoxy groups -OCH3 is 2. The molecule has 0 atom stereocenters. The number of ether oxygens (including phenoxy) is 2. The van der Waals surface area contributed by atoms with Gasteiger partial charge in [-0.1, -0.05) is 0 Å². The number of hydrogen-bond acceptors (Lipinski definition) is 7. The fourth-order valence-electron chi connectivity index (χ4n) is 3.29. The molecule has 31 heavy (non-hydrogen) atoms. The van der Waals surface area contributed by atoms with Gasteiger partial charge in [0.05, 0.1) is 31.0 Å². The van der Waals surface area contributed by atoms with E-state index in [4.69, 9.17) is 0 Å². The van der Waals surface area contributed by atoms with Crippen molar-refractivity contribution in [3.63, 3.8) is 0 Å². The molecular weight excluding hydrogens is 492 g/mol. The molecule has 0 aliphatic carbocycles. The number of nitrogens with one attached hydrogen (secondary N) is 1. The van der Waals surface area contributed by atoms with Crippen molar-refractivity contribution in [1.29, 1.82) is 0 Å². The molecule has 1 N–H and O–H groups in total. The predicted octanol–water partition coefficient (Wildman–Crippen LogP) is 2.73. The summed E-state index contributed by atoms with van der Waals surface area (Å²) in [6.07, 6.45) is 0.616. The van der Waals surface area contributed by atoms with Gasteiger partial charge in [-0.25, -0.2) is 18.0 Å². The Kier molecular flexibility index (Phi) is 6.37. The molecule has 0 fully saturated rings. The molecule has 3 rings (SSSR count). The van der Waals surface area contributed by atoms with Gasteiger partial charge in [0.2, 0.25) is 5.91 Å². The molecule has 0 spiro atoms. The second-order valence-electron chi connectivity index (χ2n) is 6.72. The summed E-state index contributed by atoms with van der Waals surface area (Å²) >= 11 is 3.28. The first-order chi connectivity index (χ1) is 14.6. The van der Waals surface area contributed by atoms with Crippen molar-refractivity contribution in [2.75, 3.05) is 30.4 Å². The molecule has 0 bridgehead atoms. The molecule has 0 aromatic heterocycles. The number of carbonyl (C=O) groups is 3. The smallest absolute Gasteiger partial charge is 0.337 e. The Bertz CT molecular complexity index is 1160. The second kappa shape index (κ2) is 8.67. The van der Waals surface area contributed by atoms with Crippen LogP contribution < -0.4 is 9.62 Å². The van der Waals surface area contributed by atoms with Gasteiger partial charge in [-0.05, 0) is 58.2 Å². The Labute approximate surface area is 187 Å². The molecule has 2 aromatic rings. The van der Waals surface area contributed by atoms with Gasteiger partial charge in [0.15, 0.2) is 0 Å². The molecule has 164 valence electrons. The number of nitrogens with zero attached hydrogens (tertiary/aromatic N) is 1. The van der Waals surface area contributed by atoms with Crippen molar-refractivity contribution in [1.82, 2.24) is 0 Å². The molecule has 0 radical (unpaired) electrons. The van der Waals surface area contributed by atoms with E-state index in [0.717, 1.165) is 5.56 Å². The molecule has 1 heterocycles. The van der Waals surface area contributed by atoms with Crippen LogP contribution in [0.4, 0.5) is 11.4 Å². The number of benzene rings is 2. The molecular formula is C20H19BrN2O7S. The van der Waals surface area contributed by atoms with E-state index in [-0.39, 0.29) is 27.6 Å². The zero-order chi connectivity index (χ0) is 22.9. The van der Waals surface area contributed by atoms with Crippen LogP contribution in [0.1, 0.15) is 33.2 Å². The molecule has 2 aromatic carbocycles. The van der Waals surface area contributed by atoms with E-state index in [1.165, 1.54) is 50.3 Å². The second-order valence-corrected chi connectivity index (χ2v) is 9.22. The van der Waals surface area contributed by atoms with Crippen LogP contribution in [-0.2, 0) is 30.7 Å². The van der Waals surface area contributed by atoms with Gasteiger partial charge in [-0.2, -0.15) is 0 Å². The van der Waals surface area contributed by atoms with Crippen molar-refractivity contribution in [2.45, 2.75) is 18.2 Å². The first-order valence-corrected chi connectivity index (χ1v) is 11.3. The topological polar surface area (TPSA) is 119 Å². The first kappa shape index (κ1) is 22.8. The summed E-state index contributed by atoms with van der Waals surface area (Å²) in [6.45, 7) is 1.88. The lowest BCUT2D eigenvalue weighted by molar-refractivity contribution is -0.116. The Morgan fingerprint density at radius 3 is 2.10 bits per heavy atom. The quantitative estimate of drug-likeness (QED) is 0.614. The Balaban J connectivity index is 2.05. The number of esters is 2. The lowest BCUT2D eigenvalue weighted by atomic mass is 10.1. The van der Waals surface area contributed by atoms with Gasteiger partial charge in [0.1, 0.15) is 4.90 Å². The van der Waals surface area contributed by atoms with Crippen LogP contribution in [0.25, 0.3) is 0 Å². The molecule has 11 heteroatoms. The SMILES string of the molecule is COC(=O)c1cc(NS(=O)(=O)c2cc3c(cc2Br)CCN3C(C)=O)cc(C(=O)OC)c1. The van der Waals surface area contributed by atoms with Crippen molar-refractivity contribution in [3.8, 4) is 0 Å². The minimum atomic E-state index is -4.15. The molecule has 1 aliphatic rings. The third-order valence-electron chi connectivity index (χ3n) is 4.73. The summed E-state index contributed by atoms with van der Waals surface area (Å²) in [5, 5.41) is 0. The standard InChI is InChI=1S/C20H19BrN2O7S/c1-11(24)23-5-4-12-9-16(21)18(10-17(12)23)31(27,28)22-15-7-13(19(25)29-2)6-14(8-15)20(26)30-3/h6-10,22H,4-5H2,1-3H3. The Morgan fingerprint density at radius 1 is 1.00 bits per heavy atom. The van der Waals surface area contributed by atoms with Crippen LogP contribution in [0.15, 0.2) is 39.7 Å². The number of anilines is 2. The normalized spacial score (nSPS) is 12.8. The maximum atomic E-state index is 13.1. The average molecular weight is 511 g/mol. The molecule has 0 unspecified atom stereocenters. The largest absolute Gasteiger partial charge is 0.465 e. The number of carbonyl (C=O) groups excluding carboxylic acids is 3. The summed E-state index contributed by atoms with van der Waals surface area (Å²) < 4.78 is 38.3. The highest BCUT2D eigenvalue weighted by Gasteiger charge is 2.28. The molecule has 9 nitrogen and oxygen atoms in total. The predicted molar refractivity (Wildman–Crippen MR) is 116 cm³/mol. The van der Waals surface area contributed by atoms with E-state index in [1.54, 1.807) is 6.07 Å². The van der Waals surface area contributed by atoms with Crippen molar-refractivity contribution >= 4 is 55.2 Å². The maximum absolute atomic E-state index is 13.1. The average Bonchev–Trinajstić information content (AvgIpc) is 3.14. The lowest BCUT2D eigenvalue weighted by Gasteiger charge is -2.17. The fraction of sp³-hybridized carbons (Fsp3) is 0.250. The third-order valence-corrected chi connectivity index (χ3v) is 7.07. The summed E-state index contributed by atoms with van der Waals surface area (Å²) in [4.78, 5) is 37.2. The summed E-state index contributed by atoms with van der Waals surface area (Å²) in [7, 11) is -1.82. The van der Waals surface area contributed by atoms with Gasteiger partial charge >= 0.3 is 11.9 Å². The van der Waals surface area contributed by atoms with Crippen LogP contribution in [0.5, 0.6) is 0 Å². The van der Waals surface area contributed by atoms with Gasteiger partial charge in [-0.15, -0.1) is 0 Å². The molecule has 0 saturated heterocycles. The van der Waals surface area contributed by atoms with E-state index in [1.807, 2.05) is 0 Å². The highest BCUT2D eigenvalue weighted by atomic mass is 79.9. The number of fused-ring (bicyclic) bond motifs is 1. The summed E-state index contributed by atoms with van der Waals surface area (Å²) in [5.41, 5.74) is 1.29. The third kappa shape index (κ3) is 4.57. The van der Waals surface area contributed by atoms with Crippen LogP contribution in [0.2, 0.25) is 0 Å². The number of sulfonamides is 1. The summed E-state index contributed by atoms with van der Waals surface area (Å²) in [5.74, 6) is -1.69. The zero-order valence-corrected chi connectivity index (χ0v) is 19.3. The summed E-state index contributed by atoms with van der Waals surface area (Å²) in [6, 6.07) is 6.82. The van der Waals surface area contributed by atoms with Crippen LogP contribution in [0, 0.1) is 0 Å². The highest BCUT2D eigenvalue weighted by Crippen LogP contribution is 2.36. The number of halogens is 1. The van der Waals surface area contributed by atoms with Crippen molar-refractivity contribution in [2.24, 2.45) is 0 Å². The van der Waals surface area contributed by atoms with Crippen LogP contribution >= 0.6 is 15.9 Å². The number of amides is 1. The first-order valence-electron chi connectivity index (χ1n) is 9.02. The monoisotopic (exact) mass is 510 g/mol. The highest BCUT2D eigenvalue weighted by molar-refractivity contribution is 9.10. The van der Waals surface area contributed by atoms with Gasteiger partial charge in [0.25, 0.3) is 10.0 Å². The minimum Gasteiger partial charge on any atom is -0.465 e. The van der Waals surface area contributed by atoms with Gasteiger partial charge < -0.3 is 14.4 Å². The number of hydrogen-bond donors (Lipinski definition) is 1. The van der Waals surface area contributed by atoms with E-state index in [9.17, 15) is 22.8 Å². The van der Waals surface area contributed by atoms with Gasteiger partial charge in [-0.3, -0.25) is 9.52 Å². The molecule has 1 aliphatic heterocycles. The van der Waals surface area contributed by atoms with E-state index < -0.39 is 22.0 Å². The number of rotatable bonds is 5. The lowest BCUT2D eigenvalue weighted by Crippen LogP contribution is -2.26. The molecule has 0 saturated carbocycles.